The molecule has 5 nitrogen and oxygen atoms in total. The largest absolute Gasteiger partial charge is 0.494 e. The van der Waals surface area contributed by atoms with Gasteiger partial charge in [-0.3, -0.25) is 9.59 Å². The van der Waals surface area contributed by atoms with Gasteiger partial charge in [0.05, 0.1) is 18.2 Å². The quantitative estimate of drug-likeness (QED) is 0.649. The van der Waals surface area contributed by atoms with Gasteiger partial charge in [0.25, 0.3) is 5.91 Å². The van der Waals surface area contributed by atoms with E-state index in [0.29, 0.717) is 22.9 Å². The first-order valence-electron chi connectivity index (χ1n) is 7.25. The third kappa shape index (κ3) is 5.38. The van der Waals surface area contributed by atoms with E-state index in [1.54, 1.807) is 42.5 Å². The molecule has 0 unspecified atom stereocenters. The van der Waals surface area contributed by atoms with E-state index in [4.69, 9.17) is 16.3 Å². The molecular weight excluding hydrogens is 443 g/mol. The number of hydrogen-bond acceptors (Lipinski definition) is 3. The number of ether oxygens (including phenoxy) is 1. The highest BCUT2D eigenvalue weighted by molar-refractivity contribution is 14.1. The zero-order valence-electron chi connectivity index (χ0n) is 12.9. The Hall–Kier alpha value is -1.80. The van der Waals surface area contributed by atoms with Crippen molar-refractivity contribution in [3.63, 3.8) is 0 Å². The smallest absolute Gasteiger partial charge is 0.251 e. The molecule has 0 saturated heterocycles. The number of carbonyl (C=O) groups is 2. The minimum Gasteiger partial charge on any atom is -0.494 e. The summed E-state index contributed by atoms with van der Waals surface area (Å²) < 4.78 is 6.11. The first-order valence-corrected chi connectivity index (χ1v) is 8.71. The highest BCUT2D eigenvalue weighted by Crippen LogP contribution is 2.19. The van der Waals surface area contributed by atoms with Gasteiger partial charge in [0.1, 0.15) is 5.75 Å². The van der Waals surface area contributed by atoms with Crippen LogP contribution in [0.4, 0.5) is 5.69 Å². The molecular formula is C17H16ClIN2O3. The van der Waals surface area contributed by atoms with Crippen LogP contribution in [-0.4, -0.2) is 25.0 Å². The molecule has 24 heavy (non-hydrogen) atoms. The predicted molar refractivity (Wildman–Crippen MR) is 103 cm³/mol. The first-order chi connectivity index (χ1) is 11.5. The summed E-state index contributed by atoms with van der Waals surface area (Å²) in [5.74, 6) is 0.101. The number of anilines is 1. The summed E-state index contributed by atoms with van der Waals surface area (Å²) in [5.41, 5.74) is 1.09. The number of amides is 2. The lowest BCUT2D eigenvalue weighted by atomic mass is 10.2. The molecule has 2 rings (SSSR count). The number of benzene rings is 2. The standard InChI is InChI=1S/C17H16ClIN2O3/c1-2-24-13-6-4-12(5-7-13)21-16(22)10-20-17(23)11-3-8-14(18)15(19)9-11/h3-9H,2,10H2,1H3,(H,20,23)(H,21,22). The molecule has 0 atom stereocenters. The van der Waals surface area contributed by atoms with Gasteiger partial charge in [-0.2, -0.15) is 0 Å². The van der Waals surface area contributed by atoms with Crippen LogP contribution in [-0.2, 0) is 4.79 Å². The topological polar surface area (TPSA) is 67.4 Å². The molecule has 0 fully saturated rings. The van der Waals surface area contributed by atoms with Crippen molar-refractivity contribution >= 4 is 51.7 Å². The van der Waals surface area contributed by atoms with E-state index >= 15 is 0 Å². The van der Waals surface area contributed by atoms with Gasteiger partial charge >= 0.3 is 0 Å². The molecule has 7 heteroatoms. The van der Waals surface area contributed by atoms with Crippen molar-refractivity contribution in [3.8, 4) is 5.75 Å². The zero-order chi connectivity index (χ0) is 17.5. The van der Waals surface area contributed by atoms with E-state index in [1.165, 1.54) is 0 Å². The summed E-state index contributed by atoms with van der Waals surface area (Å²) in [5, 5.41) is 5.87. The van der Waals surface area contributed by atoms with Gasteiger partial charge in [0, 0.05) is 14.8 Å². The molecule has 0 aromatic heterocycles. The first kappa shape index (κ1) is 18.5. The van der Waals surface area contributed by atoms with Crippen molar-refractivity contribution in [1.82, 2.24) is 5.32 Å². The van der Waals surface area contributed by atoms with Gasteiger partial charge in [-0.15, -0.1) is 0 Å². The van der Waals surface area contributed by atoms with Crippen LogP contribution in [0.2, 0.25) is 5.02 Å². The Bertz CT molecular complexity index is 735. The van der Waals surface area contributed by atoms with Gasteiger partial charge in [0.15, 0.2) is 0 Å². The molecule has 2 aromatic rings. The average molecular weight is 459 g/mol. The Morgan fingerprint density at radius 3 is 2.50 bits per heavy atom. The molecule has 0 radical (unpaired) electrons. The lowest BCUT2D eigenvalue weighted by molar-refractivity contribution is -0.115. The molecule has 0 heterocycles. The molecule has 2 aromatic carbocycles. The second-order valence-electron chi connectivity index (χ2n) is 4.82. The fraction of sp³-hybridized carbons (Fsp3) is 0.176. The fourth-order valence-corrected chi connectivity index (χ4v) is 2.54. The van der Waals surface area contributed by atoms with Crippen LogP contribution < -0.4 is 15.4 Å². The minimum absolute atomic E-state index is 0.120. The van der Waals surface area contributed by atoms with Crippen LogP contribution in [0.5, 0.6) is 5.75 Å². The van der Waals surface area contributed by atoms with Gasteiger partial charge in [-0.05, 0) is 72.0 Å². The van der Waals surface area contributed by atoms with Crippen molar-refractivity contribution < 1.29 is 14.3 Å². The lowest BCUT2D eigenvalue weighted by Gasteiger charge is -2.08. The van der Waals surface area contributed by atoms with Crippen LogP contribution in [0.15, 0.2) is 42.5 Å². The van der Waals surface area contributed by atoms with Crippen LogP contribution in [0, 0.1) is 3.57 Å². The lowest BCUT2D eigenvalue weighted by Crippen LogP contribution is -2.32. The summed E-state index contributed by atoms with van der Waals surface area (Å²) in [6.07, 6.45) is 0. The summed E-state index contributed by atoms with van der Waals surface area (Å²) in [7, 11) is 0. The van der Waals surface area contributed by atoms with Crippen LogP contribution in [0.3, 0.4) is 0 Å². The predicted octanol–water partition coefficient (Wildman–Crippen LogP) is 3.71. The van der Waals surface area contributed by atoms with Gasteiger partial charge in [0.2, 0.25) is 5.91 Å². The Morgan fingerprint density at radius 2 is 1.88 bits per heavy atom. The third-order valence-electron chi connectivity index (χ3n) is 3.04. The summed E-state index contributed by atoms with van der Waals surface area (Å²) in [6, 6.07) is 12.0. The van der Waals surface area contributed by atoms with Crippen molar-refractivity contribution in [1.29, 1.82) is 0 Å². The van der Waals surface area contributed by atoms with Crippen molar-refractivity contribution in [3.05, 3.63) is 56.6 Å². The second-order valence-corrected chi connectivity index (χ2v) is 6.39. The van der Waals surface area contributed by atoms with Gasteiger partial charge in [-0.1, -0.05) is 11.6 Å². The Morgan fingerprint density at radius 1 is 1.17 bits per heavy atom. The monoisotopic (exact) mass is 458 g/mol. The Kier molecular flexibility index (Phi) is 6.86. The average Bonchev–Trinajstić information content (AvgIpc) is 2.57. The Labute approximate surface area is 158 Å². The molecule has 0 aliphatic heterocycles. The van der Waals surface area contributed by atoms with E-state index in [1.807, 2.05) is 29.5 Å². The molecule has 0 saturated carbocycles. The van der Waals surface area contributed by atoms with Crippen molar-refractivity contribution in [2.75, 3.05) is 18.5 Å². The van der Waals surface area contributed by atoms with E-state index in [-0.39, 0.29) is 18.4 Å². The molecule has 2 amide bonds. The number of nitrogens with one attached hydrogen (secondary N) is 2. The molecule has 0 aliphatic rings. The number of halogens is 2. The maximum absolute atomic E-state index is 12.0. The van der Waals surface area contributed by atoms with E-state index in [0.717, 1.165) is 9.32 Å². The maximum atomic E-state index is 12.0. The molecule has 0 spiro atoms. The molecule has 2 N–H and O–H groups in total. The normalized spacial score (nSPS) is 10.1. The van der Waals surface area contributed by atoms with E-state index in [9.17, 15) is 9.59 Å². The third-order valence-corrected chi connectivity index (χ3v) is 4.58. The van der Waals surface area contributed by atoms with Gasteiger partial charge in [-0.25, -0.2) is 0 Å². The van der Waals surface area contributed by atoms with Crippen LogP contribution in [0.1, 0.15) is 17.3 Å². The van der Waals surface area contributed by atoms with E-state index < -0.39 is 0 Å². The fourth-order valence-electron chi connectivity index (χ4n) is 1.91. The summed E-state index contributed by atoms with van der Waals surface area (Å²) in [4.78, 5) is 23.9. The zero-order valence-corrected chi connectivity index (χ0v) is 15.8. The summed E-state index contributed by atoms with van der Waals surface area (Å²) >= 11 is 7.97. The number of rotatable bonds is 6. The molecule has 0 aliphatic carbocycles. The van der Waals surface area contributed by atoms with Crippen LogP contribution in [0.25, 0.3) is 0 Å². The minimum atomic E-state index is -0.327. The highest BCUT2D eigenvalue weighted by Gasteiger charge is 2.10. The van der Waals surface area contributed by atoms with E-state index in [2.05, 4.69) is 10.6 Å². The SMILES string of the molecule is CCOc1ccc(NC(=O)CNC(=O)c2ccc(Cl)c(I)c2)cc1. The van der Waals surface area contributed by atoms with Crippen LogP contribution >= 0.6 is 34.2 Å². The maximum Gasteiger partial charge on any atom is 0.251 e. The van der Waals surface area contributed by atoms with Crippen molar-refractivity contribution in [2.45, 2.75) is 6.92 Å². The molecule has 0 bridgehead atoms. The number of hydrogen-bond donors (Lipinski definition) is 2. The second kappa shape index (κ2) is 8.89. The Balaban J connectivity index is 1.86. The molecule has 126 valence electrons. The van der Waals surface area contributed by atoms with Crippen molar-refractivity contribution in [2.24, 2.45) is 0 Å². The highest BCUT2D eigenvalue weighted by atomic mass is 127. The van der Waals surface area contributed by atoms with Gasteiger partial charge < -0.3 is 15.4 Å². The summed E-state index contributed by atoms with van der Waals surface area (Å²) in [6.45, 7) is 2.37. The number of carbonyl (C=O) groups excluding carboxylic acids is 2.